The Morgan fingerprint density at radius 2 is 1.86 bits per heavy atom. The molecule has 0 bridgehead atoms. The lowest BCUT2D eigenvalue weighted by molar-refractivity contribution is -0.135. The summed E-state index contributed by atoms with van der Waals surface area (Å²) < 4.78 is 11.0. The summed E-state index contributed by atoms with van der Waals surface area (Å²) in [4.78, 5) is 29.5. The monoisotopic (exact) mass is 402 g/mol. The molecule has 0 atom stereocenters. The molecule has 28 heavy (non-hydrogen) atoms. The number of benzene rings is 1. The fourth-order valence-electron chi connectivity index (χ4n) is 3.34. The van der Waals surface area contributed by atoms with E-state index in [4.69, 9.17) is 9.47 Å². The van der Waals surface area contributed by atoms with Crippen molar-refractivity contribution in [2.75, 3.05) is 40.4 Å². The highest BCUT2D eigenvalue weighted by molar-refractivity contribution is 7.12. The second-order valence-electron chi connectivity index (χ2n) is 6.80. The SMILES string of the molecule is COc1ccccc1OCCN(C)C(=O)C1CCN(C(=O)c2cccs2)CC1. The Labute approximate surface area is 169 Å². The van der Waals surface area contributed by atoms with Gasteiger partial charge in [-0.3, -0.25) is 9.59 Å². The second kappa shape index (κ2) is 9.59. The van der Waals surface area contributed by atoms with Gasteiger partial charge in [0.25, 0.3) is 5.91 Å². The third kappa shape index (κ3) is 4.84. The van der Waals surface area contributed by atoms with E-state index in [1.165, 1.54) is 11.3 Å². The molecule has 1 saturated heterocycles. The van der Waals surface area contributed by atoms with E-state index in [0.29, 0.717) is 50.6 Å². The first-order valence-electron chi connectivity index (χ1n) is 9.43. The highest BCUT2D eigenvalue weighted by atomic mass is 32.1. The Morgan fingerprint density at radius 1 is 1.14 bits per heavy atom. The summed E-state index contributed by atoms with van der Waals surface area (Å²) in [5.74, 6) is 1.50. The maximum atomic E-state index is 12.7. The second-order valence-corrected chi connectivity index (χ2v) is 7.75. The quantitative estimate of drug-likeness (QED) is 0.714. The molecular formula is C21H26N2O4S. The van der Waals surface area contributed by atoms with Gasteiger partial charge < -0.3 is 19.3 Å². The maximum Gasteiger partial charge on any atom is 0.263 e. The van der Waals surface area contributed by atoms with E-state index in [9.17, 15) is 9.59 Å². The number of carbonyl (C=O) groups is 2. The summed E-state index contributed by atoms with van der Waals surface area (Å²) in [7, 11) is 3.41. The molecule has 2 amide bonds. The van der Waals surface area contributed by atoms with Crippen LogP contribution in [0.25, 0.3) is 0 Å². The molecule has 0 spiro atoms. The largest absolute Gasteiger partial charge is 0.493 e. The smallest absolute Gasteiger partial charge is 0.263 e. The first-order valence-corrected chi connectivity index (χ1v) is 10.3. The van der Waals surface area contributed by atoms with Crippen molar-refractivity contribution in [1.29, 1.82) is 0 Å². The van der Waals surface area contributed by atoms with E-state index < -0.39 is 0 Å². The molecule has 2 heterocycles. The number of methoxy groups -OCH3 is 1. The Kier molecular flexibility index (Phi) is 6.92. The van der Waals surface area contributed by atoms with E-state index in [-0.39, 0.29) is 17.7 Å². The minimum Gasteiger partial charge on any atom is -0.493 e. The van der Waals surface area contributed by atoms with Crippen molar-refractivity contribution in [3.8, 4) is 11.5 Å². The van der Waals surface area contributed by atoms with Crippen LogP contribution in [-0.4, -0.2) is 62.0 Å². The van der Waals surface area contributed by atoms with Gasteiger partial charge in [0.1, 0.15) is 6.61 Å². The number of ether oxygens (including phenoxy) is 2. The number of piperidine rings is 1. The van der Waals surface area contributed by atoms with E-state index >= 15 is 0 Å². The van der Waals surface area contributed by atoms with Crippen LogP contribution in [0, 0.1) is 5.92 Å². The Bertz CT molecular complexity index is 785. The van der Waals surface area contributed by atoms with Crippen molar-refractivity contribution < 1.29 is 19.1 Å². The summed E-state index contributed by atoms with van der Waals surface area (Å²) in [6.07, 6.45) is 1.40. The van der Waals surface area contributed by atoms with Gasteiger partial charge in [-0.05, 0) is 36.4 Å². The molecule has 0 N–H and O–H groups in total. The molecule has 0 radical (unpaired) electrons. The summed E-state index contributed by atoms with van der Waals surface area (Å²) in [5, 5.41) is 1.91. The molecule has 1 aromatic carbocycles. The van der Waals surface area contributed by atoms with Crippen LogP contribution in [0.4, 0.5) is 0 Å². The third-order valence-corrected chi connectivity index (χ3v) is 5.85. The van der Waals surface area contributed by atoms with Crippen LogP contribution < -0.4 is 9.47 Å². The lowest BCUT2D eigenvalue weighted by Gasteiger charge is -2.33. The lowest BCUT2D eigenvalue weighted by atomic mass is 9.95. The standard InChI is InChI=1S/C21H26N2O4S/c1-22(13-14-27-18-7-4-3-6-17(18)26-2)20(24)16-9-11-23(12-10-16)21(25)19-8-5-15-28-19/h3-8,15-16H,9-14H2,1-2H3. The van der Waals surface area contributed by atoms with Crippen molar-refractivity contribution >= 4 is 23.2 Å². The zero-order valence-electron chi connectivity index (χ0n) is 16.3. The third-order valence-electron chi connectivity index (χ3n) is 4.99. The van der Waals surface area contributed by atoms with Crippen LogP contribution in [-0.2, 0) is 4.79 Å². The van der Waals surface area contributed by atoms with Gasteiger partial charge in [0.15, 0.2) is 11.5 Å². The van der Waals surface area contributed by atoms with Crippen LogP contribution in [0.2, 0.25) is 0 Å². The average Bonchev–Trinajstić information content (AvgIpc) is 3.28. The van der Waals surface area contributed by atoms with Crippen molar-refractivity contribution in [3.63, 3.8) is 0 Å². The summed E-state index contributed by atoms with van der Waals surface area (Å²) >= 11 is 1.46. The fourth-order valence-corrected chi connectivity index (χ4v) is 4.03. The zero-order valence-corrected chi connectivity index (χ0v) is 17.1. The Balaban J connectivity index is 1.43. The topological polar surface area (TPSA) is 59.1 Å². The molecule has 0 aliphatic carbocycles. The molecule has 1 aliphatic rings. The number of hydrogen-bond acceptors (Lipinski definition) is 5. The van der Waals surface area contributed by atoms with E-state index in [1.807, 2.05) is 46.7 Å². The van der Waals surface area contributed by atoms with Gasteiger partial charge in [-0.25, -0.2) is 0 Å². The van der Waals surface area contributed by atoms with E-state index in [1.54, 1.807) is 19.1 Å². The molecule has 1 fully saturated rings. The normalized spacial score (nSPS) is 14.6. The molecule has 2 aromatic rings. The zero-order chi connectivity index (χ0) is 19.9. The number of carbonyl (C=O) groups excluding carboxylic acids is 2. The summed E-state index contributed by atoms with van der Waals surface area (Å²) in [6.45, 7) is 2.15. The predicted molar refractivity (Wildman–Crippen MR) is 109 cm³/mol. The molecule has 7 heteroatoms. The summed E-state index contributed by atoms with van der Waals surface area (Å²) in [5.41, 5.74) is 0. The van der Waals surface area contributed by atoms with Gasteiger partial charge >= 0.3 is 0 Å². The highest BCUT2D eigenvalue weighted by Gasteiger charge is 2.29. The number of thiophene rings is 1. The Hall–Kier alpha value is -2.54. The number of para-hydroxylation sites is 2. The number of amides is 2. The van der Waals surface area contributed by atoms with Crippen molar-refractivity contribution in [2.45, 2.75) is 12.8 Å². The molecule has 150 valence electrons. The fraction of sp³-hybridized carbons (Fsp3) is 0.429. The number of rotatable bonds is 7. The minimum absolute atomic E-state index is 0.0383. The van der Waals surface area contributed by atoms with Crippen LogP contribution in [0.5, 0.6) is 11.5 Å². The van der Waals surface area contributed by atoms with Crippen LogP contribution >= 0.6 is 11.3 Å². The molecule has 1 aromatic heterocycles. The van der Waals surface area contributed by atoms with Gasteiger partial charge in [0.05, 0.1) is 18.5 Å². The molecule has 3 rings (SSSR count). The van der Waals surface area contributed by atoms with E-state index in [0.717, 1.165) is 4.88 Å². The van der Waals surface area contributed by atoms with E-state index in [2.05, 4.69) is 0 Å². The van der Waals surface area contributed by atoms with Crippen molar-refractivity contribution in [2.24, 2.45) is 5.92 Å². The van der Waals surface area contributed by atoms with Gasteiger partial charge in [0, 0.05) is 26.1 Å². The number of hydrogen-bond donors (Lipinski definition) is 0. The van der Waals surface area contributed by atoms with Gasteiger partial charge in [-0.2, -0.15) is 0 Å². The lowest BCUT2D eigenvalue weighted by Crippen LogP contribution is -2.44. The van der Waals surface area contributed by atoms with Crippen LogP contribution in [0.3, 0.4) is 0 Å². The number of likely N-dealkylation sites (tertiary alicyclic amines) is 1. The molecule has 0 saturated carbocycles. The maximum absolute atomic E-state index is 12.7. The molecular weight excluding hydrogens is 376 g/mol. The summed E-state index contributed by atoms with van der Waals surface area (Å²) in [6, 6.07) is 11.2. The van der Waals surface area contributed by atoms with Crippen LogP contribution in [0.1, 0.15) is 22.5 Å². The first kappa shape index (κ1) is 20.2. The van der Waals surface area contributed by atoms with Crippen molar-refractivity contribution in [3.05, 3.63) is 46.7 Å². The molecule has 0 unspecified atom stereocenters. The van der Waals surface area contributed by atoms with Gasteiger partial charge in [-0.15, -0.1) is 11.3 Å². The van der Waals surface area contributed by atoms with Crippen LogP contribution in [0.15, 0.2) is 41.8 Å². The molecule has 6 nitrogen and oxygen atoms in total. The minimum atomic E-state index is -0.0383. The van der Waals surface area contributed by atoms with Gasteiger partial charge in [-0.1, -0.05) is 18.2 Å². The molecule has 1 aliphatic heterocycles. The average molecular weight is 403 g/mol. The Morgan fingerprint density at radius 3 is 2.50 bits per heavy atom. The highest BCUT2D eigenvalue weighted by Crippen LogP contribution is 2.26. The number of nitrogens with zero attached hydrogens (tertiary/aromatic N) is 2. The predicted octanol–water partition coefficient (Wildman–Crippen LogP) is 3.15. The first-order chi connectivity index (χ1) is 13.6. The van der Waals surface area contributed by atoms with Gasteiger partial charge in [0.2, 0.25) is 5.91 Å². The van der Waals surface area contributed by atoms with Crippen molar-refractivity contribution in [1.82, 2.24) is 9.80 Å². The number of likely N-dealkylation sites (N-methyl/N-ethyl adjacent to an activating group) is 1.